The number of nitrogens with zero attached hydrogens (tertiary/aromatic N) is 2. The molecular formula is C14H17N3OS. The van der Waals surface area contributed by atoms with Gasteiger partial charge in [0.25, 0.3) is 0 Å². The minimum absolute atomic E-state index is 0.311. The highest BCUT2D eigenvalue weighted by Gasteiger charge is 2.14. The van der Waals surface area contributed by atoms with Gasteiger partial charge in [0.2, 0.25) is 0 Å². The van der Waals surface area contributed by atoms with Crippen molar-refractivity contribution in [1.82, 2.24) is 4.98 Å². The molecule has 5 heteroatoms. The summed E-state index contributed by atoms with van der Waals surface area (Å²) in [6, 6.07) is 9.75. The number of aromatic nitrogens is 1. The van der Waals surface area contributed by atoms with Crippen molar-refractivity contribution in [3.63, 3.8) is 0 Å². The average Bonchev–Trinajstić information content (AvgIpc) is 2.36. The van der Waals surface area contributed by atoms with E-state index in [-0.39, 0.29) is 0 Å². The molecule has 100 valence electrons. The average molecular weight is 275 g/mol. The van der Waals surface area contributed by atoms with E-state index in [1.807, 2.05) is 42.3 Å². The zero-order chi connectivity index (χ0) is 14.0. The molecule has 3 N–H and O–H groups in total. The maximum Gasteiger partial charge on any atom is 0.139 e. The monoisotopic (exact) mass is 275 g/mol. The Morgan fingerprint density at radius 3 is 2.79 bits per heavy atom. The van der Waals surface area contributed by atoms with Crippen LogP contribution in [0.5, 0.6) is 0 Å². The Morgan fingerprint density at radius 1 is 1.47 bits per heavy atom. The van der Waals surface area contributed by atoms with Crippen LogP contribution in [0.15, 0.2) is 30.3 Å². The molecule has 1 aromatic carbocycles. The van der Waals surface area contributed by atoms with Crippen molar-refractivity contribution in [2.75, 3.05) is 18.5 Å². The maximum atomic E-state index is 9.49. The molecule has 0 saturated carbocycles. The molecule has 0 aliphatic rings. The Balaban J connectivity index is 2.56. The summed E-state index contributed by atoms with van der Waals surface area (Å²) >= 11 is 5.09. The number of pyridine rings is 1. The van der Waals surface area contributed by atoms with E-state index in [2.05, 4.69) is 4.98 Å². The Morgan fingerprint density at radius 2 is 2.16 bits per heavy atom. The van der Waals surface area contributed by atoms with Crippen molar-refractivity contribution in [2.45, 2.75) is 13.0 Å². The van der Waals surface area contributed by atoms with Crippen LogP contribution in [0.1, 0.15) is 12.5 Å². The van der Waals surface area contributed by atoms with Crippen molar-refractivity contribution < 1.29 is 5.11 Å². The number of hydrogen-bond donors (Lipinski definition) is 2. The lowest BCUT2D eigenvalue weighted by Crippen LogP contribution is -2.30. The summed E-state index contributed by atoms with van der Waals surface area (Å²) in [5, 5.41) is 10.5. The molecule has 1 aromatic heterocycles. The highest BCUT2D eigenvalue weighted by Crippen LogP contribution is 2.23. The Hall–Kier alpha value is -1.72. The van der Waals surface area contributed by atoms with Crippen LogP contribution in [0.3, 0.4) is 0 Å². The van der Waals surface area contributed by atoms with E-state index in [1.165, 1.54) is 0 Å². The highest BCUT2D eigenvalue weighted by atomic mass is 32.1. The Labute approximate surface area is 117 Å². The summed E-state index contributed by atoms with van der Waals surface area (Å²) in [5.74, 6) is 0.701. The smallest absolute Gasteiger partial charge is 0.139 e. The highest BCUT2D eigenvalue weighted by molar-refractivity contribution is 7.80. The zero-order valence-corrected chi connectivity index (χ0v) is 11.8. The number of fused-ring (bicyclic) bond motifs is 1. The lowest BCUT2D eigenvalue weighted by Gasteiger charge is -2.22. The number of likely N-dealkylation sites (N-methyl/N-ethyl adjacent to an activating group) is 1. The second-order valence-electron chi connectivity index (χ2n) is 4.65. The molecule has 19 heavy (non-hydrogen) atoms. The molecule has 0 aliphatic heterocycles. The Kier molecular flexibility index (Phi) is 3.97. The number of benzene rings is 1. The topological polar surface area (TPSA) is 62.4 Å². The van der Waals surface area contributed by atoms with Crippen molar-refractivity contribution in [2.24, 2.45) is 5.73 Å². The molecule has 0 radical (unpaired) electrons. The van der Waals surface area contributed by atoms with Gasteiger partial charge < -0.3 is 15.7 Å². The fourth-order valence-corrected chi connectivity index (χ4v) is 2.21. The molecule has 0 fully saturated rings. The normalized spacial score (nSPS) is 12.4. The van der Waals surface area contributed by atoms with Gasteiger partial charge in [-0.25, -0.2) is 4.98 Å². The second-order valence-corrected chi connectivity index (χ2v) is 5.09. The number of rotatable bonds is 4. The van der Waals surface area contributed by atoms with E-state index in [1.54, 1.807) is 6.92 Å². The van der Waals surface area contributed by atoms with Crippen LogP contribution in [-0.2, 0) is 0 Å². The summed E-state index contributed by atoms with van der Waals surface area (Å²) in [5.41, 5.74) is 7.39. The predicted octanol–water partition coefficient (Wildman–Crippen LogP) is 1.69. The standard InChI is InChI=1S/C14H17N3OS/c1-9(18)8-17(2)14-11(13(15)19)7-10-5-3-4-6-12(10)16-14/h3-7,9,18H,8H2,1-2H3,(H2,15,19). The number of aliphatic hydroxyl groups is 1. The fraction of sp³-hybridized carbons (Fsp3) is 0.286. The van der Waals surface area contributed by atoms with Gasteiger partial charge in [-0.15, -0.1) is 0 Å². The Bertz CT molecular complexity index is 613. The first-order valence-electron chi connectivity index (χ1n) is 6.08. The van der Waals surface area contributed by atoms with Gasteiger partial charge in [-0.3, -0.25) is 0 Å². The molecule has 2 aromatic rings. The first-order chi connectivity index (χ1) is 8.99. The van der Waals surface area contributed by atoms with Crippen LogP contribution in [0, 0.1) is 0 Å². The van der Waals surface area contributed by atoms with Crippen molar-refractivity contribution >= 4 is 33.9 Å². The largest absolute Gasteiger partial charge is 0.392 e. The molecule has 0 bridgehead atoms. The van der Waals surface area contributed by atoms with Gasteiger partial charge in [-0.1, -0.05) is 30.4 Å². The number of para-hydroxylation sites is 1. The molecule has 1 heterocycles. The van der Waals surface area contributed by atoms with Crippen molar-refractivity contribution in [3.05, 3.63) is 35.9 Å². The van der Waals surface area contributed by atoms with E-state index < -0.39 is 6.10 Å². The summed E-state index contributed by atoms with van der Waals surface area (Å²) in [4.78, 5) is 6.77. The van der Waals surface area contributed by atoms with Crippen molar-refractivity contribution in [1.29, 1.82) is 0 Å². The lowest BCUT2D eigenvalue weighted by atomic mass is 10.1. The van der Waals surface area contributed by atoms with Crippen LogP contribution in [0.4, 0.5) is 5.82 Å². The quantitative estimate of drug-likeness (QED) is 0.831. The third-order valence-corrected chi connectivity index (χ3v) is 3.09. The fourth-order valence-electron chi connectivity index (χ4n) is 2.06. The first kappa shape index (κ1) is 13.7. The van der Waals surface area contributed by atoms with E-state index in [0.29, 0.717) is 17.4 Å². The molecule has 0 spiro atoms. The lowest BCUT2D eigenvalue weighted by molar-refractivity contribution is 0.201. The minimum atomic E-state index is -0.447. The molecule has 1 atom stereocenters. The predicted molar refractivity (Wildman–Crippen MR) is 82.6 cm³/mol. The number of hydrogen-bond acceptors (Lipinski definition) is 4. The van der Waals surface area contributed by atoms with Crippen LogP contribution in [-0.4, -0.2) is 34.8 Å². The SMILES string of the molecule is CC(O)CN(C)c1nc2ccccc2cc1C(N)=S. The second kappa shape index (κ2) is 5.50. The van der Waals surface area contributed by atoms with Crippen LogP contribution < -0.4 is 10.6 Å². The maximum absolute atomic E-state index is 9.49. The molecule has 0 amide bonds. The third kappa shape index (κ3) is 3.00. The van der Waals surface area contributed by atoms with Gasteiger partial charge in [0.1, 0.15) is 10.8 Å². The first-order valence-corrected chi connectivity index (χ1v) is 6.48. The van der Waals surface area contributed by atoms with E-state index >= 15 is 0 Å². The van der Waals surface area contributed by atoms with Gasteiger partial charge in [0.05, 0.1) is 17.2 Å². The van der Waals surface area contributed by atoms with Gasteiger partial charge in [0, 0.05) is 19.0 Å². The zero-order valence-electron chi connectivity index (χ0n) is 11.0. The number of anilines is 1. The summed E-state index contributed by atoms with van der Waals surface area (Å²) in [7, 11) is 1.87. The molecule has 0 saturated heterocycles. The van der Waals surface area contributed by atoms with E-state index in [9.17, 15) is 5.11 Å². The molecular weight excluding hydrogens is 258 g/mol. The van der Waals surface area contributed by atoms with Gasteiger partial charge in [0.15, 0.2) is 0 Å². The summed E-state index contributed by atoms with van der Waals surface area (Å²) in [6.07, 6.45) is -0.447. The summed E-state index contributed by atoms with van der Waals surface area (Å²) in [6.45, 7) is 2.21. The van der Waals surface area contributed by atoms with Crippen molar-refractivity contribution in [3.8, 4) is 0 Å². The molecule has 2 rings (SSSR count). The van der Waals surface area contributed by atoms with Gasteiger partial charge in [-0.05, 0) is 19.1 Å². The van der Waals surface area contributed by atoms with Crippen LogP contribution >= 0.6 is 12.2 Å². The molecule has 1 unspecified atom stereocenters. The van der Waals surface area contributed by atoms with E-state index in [0.717, 1.165) is 16.5 Å². The molecule has 0 aliphatic carbocycles. The van der Waals surface area contributed by atoms with Gasteiger partial charge >= 0.3 is 0 Å². The van der Waals surface area contributed by atoms with Gasteiger partial charge in [-0.2, -0.15) is 0 Å². The minimum Gasteiger partial charge on any atom is -0.392 e. The van der Waals surface area contributed by atoms with E-state index in [4.69, 9.17) is 18.0 Å². The molecule has 4 nitrogen and oxygen atoms in total. The number of thiocarbonyl (C=S) groups is 1. The van der Waals surface area contributed by atoms with Crippen LogP contribution in [0.2, 0.25) is 0 Å². The number of aliphatic hydroxyl groups excluding tert-OH is 1. The summed E-state index contributed by atoms with van der Waals surface area (Å²) < 4.78 is 0. The van der Waals surface area contributed by atoms with Crippen LogP contribution in [0.25, 0.3) is 10.9 Å². The number of nitrogens with two attached hydrogens (primary N) is 1. The third-order valence-electron chi connectivity index (χ3n) is 2.87.